The molecule has 1 radical (unpaired) electrons. The van der Waals surface area contributed by atoms with Gasteiger partial charge in [0.05, 0.1) is 13.7 Å². The molecule has 39 heavy (non-hydrogen) atoms. The van der Waals surface area contributed by atoms with E-state index in [1.165, 1.54) is 53.2 Å². The Morgan fingerprint density at radius 1 is 0.923 bits per heavy atom. The third kappa shape index (κ3) is 6.33. The van der Waals surface area contributed by atoms with E-state index in [1.54, 1.807) is 7.11 Å². The fraction of sp³-hybridized carbons (Fsp3) is 0.424. The molecule has 2 saturated carbocycles. The second kappa shape index (κ2) is 11.5. The molecule has 6 heteroatoms. The van der Waals surface area contributed by atoms with Crippen LogP contribution in [-0.4, -0.2) is 46.7 Å². The van der Waals surface area contributed by atoms with Gasteiger partial charge in [0, 0.05) is 36.5 Å². The first-order valence-corrected chi connectivity index (χ1v) is 16.2. The molecule has 203 valence electrons. The average molecular weight is 541 g/mol. The number of carboxylic acids is 1. The highest BCUT2D eigenvalue weighted by Crippen LogP contribution is 2.42. The molecule has 1 aliphatic heterocycles. The summed E-state index contributed by atoms with van der Waals surface area (Å²) in [7, 11) is 0.672. The number of hydrogen-bond acceptors (Lipinski definition) is 4. The van der Waals surface area contributed by atoms with Crippen LogP contribution in [0.4, 0.5) is 5.69 Å². The van der Waals surface area contributed by atoms with E-state index >= 15 is 0 Å². The van der Waals surface area contributed by atoms with Crippen molar-refractivity contribution in [3.05, 3.63) is 72.3 Å². The largest absolute Gasteiger partial charge is 0.497 e. The molecule has 1 saturated heterocycles. The number of rotatable bonds is 11. The van der Waals surface area contributed by atoms with E-state index in [4.69, 9.17) is 9.47 Å². The molecule has 0 atom stereocenters. The summed E-state index contributed by atoms with van der Waals surface area (Å²) in [6.07, 6.45) is 7.15. The molecule has 0 amide bonds. The van der Waals surface area contributed by atoms with Crippen molar-refractivity contribution in [1.29, 1.82) is 0 Å². The van der Waals surface area contributed by atoms with Crippen LogP contribution < -0.4 is 19.6 Å². The zero-order valence-electron chi connectivity index (χ0n) is 22.8. The number of ether oxygens (including phenoxy) is 2. The van der Waals surface area contributed by atoms with Crippen molar-refractivity contribution < 1.29 is 19.4 Å². The number of piperidine rings is 1. The molecule has 0 aromatic heterocycles. The van der Waals surface area contributed by atoms with Crippen LogP contribution in [0.2, 0.25) is 11.6 Å². The van der Waals surface area contributed by atoms with Gasteiger partial charge in [-0.3, -0.25) is 4.79 Å². The van der Waals surface area contributed by atoms with E-state index in [0.29, 0.717) is 24.1 Å². The van der Waals surface area contributed by atoms with Gasteiger partial charge in [-0.1, -0.05) is 54.4 Å². The maximum Gasteiger partial charge on any atom is 0.300 e. The van der Waals surface area contributed by atoms with Gasteiger partial charge in [0.1, 0.15) is 20.3 Å². The first-order chi connectivity index (χ1) is 19.1. The van der Waals surface area contributed by atoms with Crippen LogP contribution in [0.15, 0.2) is 66.7 Å². The molecule has 6 rings (SSSR count). The van der Waals surface area contributed by atoms with E-state index < -0.39 is 14.8 Å². The summed E-state index contributed by atoms with van der Waals surface area (Å²) in [5, 5.41) is 10.6. The fourth-order valence-electron chi connectivity index (χ4n) is 5.91. The number of anilines is 1. The Labute approximate surface area is 233 Å². The quantitative estimate of drug-likeness (QED) is 0.282. The Hall–Kier alpha value is -3.25. The molecule has 0 spiro atoms. The van der Waals surface area contributed by atoms with Gasteiger partial charge in [-0.15, -0.1) is 0 Å². The van der Waals surface area contributed by atoms with E-state index in [-0.39, 0.29) is 0 Å². The Bertz CT molecular complexity index is 1290. The predicted octanol–water partition coefficient (Wildman–Crippen LogP) is 6.49. The first kappa shape index (κ1) is 26.0. The highest BCUT2D eigenvalue weighted by molar-refractivity contribution is 6.77. The molecular weight excluding hydrogens is 502 g/mol. The van der Waals surface area contributed by atoms with Gasteiger partial charge in [-0.25, -0.2) is 0 Å². The van der Waals surface area contributed by atoms with E-state index in [0.717, 1.165) is 43.3 Å². The summed E-state index contributed by atoms with van der Waals surface area (Å²) < 4.78 is 11.9. The third-order valence-corrected chi connectivity index (χ3v) is 11.8. The fourth-order valence-corrected chi connectivity index (χ4v) is 8.70. The van der Waals surface area contributed by atoms with Gasteiger partial charge in [0.2, 0.25) is 0 Å². The minimum absolute atomic E-state index is 0.300. The highest BCUT2D eigenvalue weighted by Gasteiger charge is 2.35. The van der Waals surface area contributed by atoms with Crippen LogP contribution in [-0.2, 0) is 4.79 Å². The van der Waals surface area contributed by atoms with Crippen LogP contribution in [0.25, 0.3) is 11.1 Å². The standard InChI is InChI=1S/C33H38NO4Si/c1-37-27-11-14-31(26-9-7-25(8-10-26)24-5-6-24)32(20-27)34-17-15-23(16-18-34)21-38-28-3-2-4-30(19-28)39(22-33(35)36)29-12-13-29/h2-4,7-11,14,19-20,23-24,29H,5-6,12-13,15-18,21-22H2,1H3,(H,35,36). The van der Waals surface area contributed by atoms with Gasteiger partial charge in [-0.2, -0.15) is 0 Å². The molecule has 1 N–H and O–H groups in total. The van der Waals surface area contributed by atoms with Crippen LogP contribution in [0.5, 0.6) is 11.5 Å². The molecule has 0 unspecified atom stereocenters. The number of nitrogens with zero attached hydrogens (tertiary/aromatic N) is 1. The van der Waals surface area contributed by atoms with Crippen molar-refractivity contribution in [2.45, 2.75) is 56.0 Å². The van der Waals surface area contributed by atoms with Crippen LogP contribution in [0.1, 0.15) is 50.0 Å². The summed E-state index contributed by atoms with van der Waals surface area (Å²) in [5.74, 6) is 2.37. The SMILES string of the molecule is COc1ccc(-c2ccc(C3CC3)cc2)c(N2CCC(COc3cccc([Si](CC(=O)O)C4CC4)c3)CC2)c1. The normalized spacial score (nSPS) is 17.8. The molecule has 5 nitrogen and oxygen atoms in total. The van der Waals surface area contributed by atoms with Crippen molar-refractivity contribution in [2.24, 2.45) is 5.92 Å². The molecule has 3 aromatic carbocycles. The lowest BCUT2D eigenvalue weighted by molar-refractivity contribution is -0.134. The summed E-state index contributed by atoms with van der Waals surface area (Å²) in [5.41, 5.74) is 5.83. The summed E-state index contributed by atoms with van der Waals surface area (Å²) in [6, 6.07) is 24.2. The van der Waals surface area contributed by atoms with Gasteiger partial charge in [0.25, 0.3) is 0 Å². The molecular formula is C33H38NO4Si. The topological polar surface area (TPSA) is 59.0 Å². The van der Waals surface area contributed by atoms with Gasteiger partial charge >= 0.3 is 5.97 Å². The lowest BCUT2D eigenvalue weighted by atomic mass is 9.95. The van der Waals surface area contributed by atoms with Crippen molar-refractivity contribution >= 4 is 25.6 Å². The Kier molecular flexibility index (Phi) is 7.64. The van der Waals surface area contributed by atoms with Gasteiger partial charge in [-0.05, 0) is 78.5 Å². The van der Waals surface area contributed by atoms with E-state index in [9.17, 15) is 9.90 Å². The second-order valence-electron chi connectivity index (χ2n) is 11.4. The van der Waals surface area contributed by atoms with Crippen molar-refractivity contribution in [3.8, 4) is 22.6 Å². The number of methoxy groups -OCH3 is 1. The maximum atomic E-state index is 11.4. The Morgan fingerprint density at radius 3 is 2.36 bits per heavy atom. The number of carboxylic acid groups (broad SMARTS) is 1. The predicted molar refractivity (Wildman–Crippen MR) is 158 cm³/mol. The van der Waals surface area contributed by atoms with E-state index in [1.807, 2.05) is 12.1 Å². The number of carbonyl (C=O) groups is 1. The third-order valence-electron chi connectivity index (χ3n) is 8.53. The summed E-state index contributed by atoms with van der Waals surface area (Å²) in [4.78, 5) is 13.9. The second-order valence-corrected chi connectivity index (χ2v) is 14.2. The molecule has 2 aliphatic carbocycles. The van der Waals surface area contributed by atoms with Crippen LogP contribution in [0.3, 0.4) is 0 Å². The molecule has 0 bridgehead atoms. The lowest BCUT2D eigenvalue weighted by Gasteiger charge is -2.35. The lowest BCUT2D eigenvalue weighted by Crippen LogP contribution is -2.36. The average Bonchev–Trinajstić information content (AvgIpc) is 3.89. The first-order valence-electron chi connectivity index (χ1n) is 14.4. The minimum Gasteiger partial charge on any atom is -0.497 e. The van der Waals surface area contributed by atoms with Gasteiger partial charge in [0.15, 0.2) is 0 Å². The smallest absolute Gasteiger partial charge is 0.300 e. The number of benzene rings is 3. The number of hydrogen-bond donors (Lipinski definition) is 1. The van der Waals surface area contributed by atoms with Crippen molar-refractivity contribution in [1.82, 2.24) is 0 Å². The van der Waals surface area contributed by atoms with Crippen molar-refractivity contribution in [2.75, 3.05) is 31.7 Å². The zero-order chi connectivity index (χ0) is 26.8. The molecule has 3 aromatic rings. The van der Waals surface area contributed by atoms with E-state index in [2.05, 4.69) is 59.5 Å². The highest BCUT2D eigenvalue weighted by atomic mass is 28.3. The van der Waals surface area contributed by atoms with Crippen molar-refractivity contribution in [3.63, 3.8) is 0 Å². The summed E-state index contributed by atoms with van der Waals surface area (Å²) >= 11 is 0. The minimum atomic E-state index is -1.06. The van der Waals surface area contributed by atoms with Gasteiger partial charge < -0.3 is 19.5 Å². The summed E-state index contributed by atoms with van der Waals surface area (Å²) in [6.45, 7) is 2.68. The molecule has 3 fully saturated rings. The Balaban J connectivity index is 1.09. The zero-order valence-corrected chi connectivity index (χ0v) is 23.8. The van der Waals surface area contributed by atoms with Crippen LogP contribution >= 0.6 is 0 Å². The Morgan fingerprint density at radius 2 is 1.69 bits per heavy atom. The van der Waals surface area contributed by atoms with Crippen LogP contribution in [0, 0.1) is 5.92 Å². The number of aliphatic carboxylic acids is 1. The maximum absolute atomic E-state index is 11.4. The monoisotopic (exact) mass is 540 g/mol. The molecule has 1 heterocycles. The molecule has 3 aliphatic rings.